The smallest absolute Gasteiger partial charge is 0.312 e. The molecule has 1 heterocycles. The summed E-state index contributed by atoms with van der Waals surface area (Å²) in [7, 11) is 0. The van der Waals surface area contributed by atoms with Crippen LogP contribution in [0.1, 0.15) is 45.4 Å². The highest BCUT2D eigenvalue weighted by Gasteiger charge is 2.56. The van der Waals surface area contributed by atoms with Gasteiger partial charge >= 0.3 is 5.97 Å². The van der Waals surface area contributed by atoms with Crippen LogP contribution in [-0.2, 0) is 4.79 Å². The molecule has 0 amide bonds. The Balaban J connectivity index is 2.23. The van der Waals surface area contributed by atoms with E-state index in [-0.39, 0.29) is 0 Å². The quantitative estimate of drug-likeness (QED) is 0.683. The predicted molar refractivity (Wildman–Crippen MR) is 64.8 cm³/mol. The van der Waals surface area contributed by atoms with Crippen LogP contribution >= 0.6 is 0 Å². The average molecular weight is 241 g/mol. The normalized spacial score (nSPS) is 37.6. The SMILES string of the molecule is CC1CCC(O)(C2(C(=O)O)CCNCC2)CC1. The van der Waals surface area contributed by atoms with Crippen molar-refractivity contribution in [3.8, 4) is 0 Å². The number of carboxylic acid groups (broad SMARTS) is 1. The lowest BCUT2D eigenvalue weighted by Crippen LogP contribution is -2.58. The molecule has 0 spiro atoms. The third-order valence-electron chi connectivity index (χ3n) is 4.86. The number of nitrogens with one attached hydrogen (secondary N) is 1. The fourth-order valence-corrected chi connectivity index (χ4v) is 3.45. The van der Waals surface area contributed by atoms with Gasteiger partial charge in [-0.05, 0) is 57.5 Å². The second-order valence-corrected chi connectivity index (χ2v) is 5.85. The highest BCUT2D eigenvalue weighted by Crippen LogP contribution is 2.49. The van der Waals surface area contributed by atoms with Gasteiger partial charge in [-0.15, -0.1) is 0 Å². The highest BCUT2D eigenvalue weighted by molar-refractivity contribution is 5.76. The van der Waals surface area contributed by atoms with Gasteiger partial charge in [-0.25, -0.2) is 0 Å². The molecule has 0 bridgehead atoms. The van der Waals surface area contributed by atoms with E-state index in [1.54, 1.807) is 0 Å². The van der Waals surface area contributed by atoms with Gasteiger partial charge in [-0.3, -0.25) is 4.79 Å². The molecule has 1 aliphatic heterocycles. The van der Waals surface area contributed by atoms with Crippen molar-refractivity contribution in [1.29, 1.82) is 0 Å². The molecule has 3 N–H and O–H groups in total. The fourth-order valence-electron chi connectivity index (χ4n) is 3.45. The summed E-state index contributed by atoms with van der Waals surface area (Å²) in [5.41, 5.74) is -1.91. The maximum atomic E-state index is 11.7. The topological polar surface area (TPSA) is 69.6 Å². The van der Waals surface area contributed by atoms with E-state index in [0.717, 1.165) is 12.8 Å². The Morgan fingerprint density at radius 2 is 1.71 bits per heavy atom. The third kappa shape index (κ3) is 2.08. The molecule has 2 fully saturated rings. The van der Waals surface area contributed by atoms with Crippen LogP contribution in [0.4, 0.5) is 0 Å². The third-order valence-corrected chi connectivity index (χ3v) is 4.86. The summed E-state index contributed by atoms with van der Waals surface area (Å²) in [5, 5.41) is 23.6. The van der Waals surface area contributed by atoms with Crippen molar-refractivity contribution >= 4 is 5.97 Å². The number of aliphatic hydroxyl groups is 1. The number of aliphatic carboxylic acids is 1. The summed E-state index contributed by atoms with van der Waals surface area (Å²) in [6, 6.07) is 0. The molecule has 1 aliphatic carbocycles. The lowest BCUT2D eigenvalue weighted by atomic mass is 9.59. The maximum Gasteiger partial charge on any atom is 0.312 e. The van der Waals surface area contributed by atoms with E-state index in [9.17, 15) is 15.0 Å². The summed E-state index contributed by atoms with van der Waals surface area (Å²) in [5.74, 6) is -0.195. The number of piperidine rings is 1. The van der Waals surface area contributed by atoms with E-state index in [1.165, 1.54) is 0 Å². The van der Waals surface area contributed by atoms with Crippen LogP contribution < -0.4 is 5.32 Å². The molecular weight excluding hydrogens is 218 g/mol. The number of carbonyl (C=O) groups is 1. The Labute approximate surface area is 102 Å². The van der Waals surface area contributed by atoms with Crippen molar-refractivity contribution < 1.29 is 15.0 Å². The molecule has 4 heteroatoms. The van der Waals surface area contributed by atoms with Gasteiger partial charge in [0.1, 0.15) is 0 Å². The van der Waals surface area contributed by atoms with Crippen LogP contribution in [0.25, 0.3) is 0 Å². The van der Waals surface area contributed by atoms with Gasteiger partial charge in [-0.1, -0.05) is 6.92 Å². The first-order chi connectivity index (χ1) is 8.00. The first-order valence-electron chi connectivity index (χ1n) is 6.67. The number of rotatable bonds is 2. The molecule has 17 heavy (non-hydrogen) atoms. The van der Waals surface area contributed by atoms with Gasteiger partial charge in [0.05, 0.1) is 11.0 Å². The van der Waals surface area contributed by atoms with Crippen LogP contribution in [-0.4, -0.2) is 34.9 Å². The zero-order valence-electron chi connectivity index (χ0n) is 10.5. The lowest BCUT2D eigenvalue weighted by Gasteiger charge is -2.49. The van der Waals surface area contributed by atoms with Crippen molar-refractivity contribution in [1.82, 2.24) is 5.32 Å². The summed E-state index contributed by atoms with van der Waals surface area (Å²) in [6.45, 7) is 3.57. The van der Waals surface area contributed by atoms with Crippen molar-refractivity contribution in [3.05, 3.63) is 0 Å². The molecule has 4 nitrogen and oxygen atoms in total. The van der Waals surface area contributed by atoms with Crippen molar-refractivity contribution in [2.75, 3.05) is 13.1 Å². The average Bonchev–Trinajstić information content (AvgIpc) is 2.34. The molecule has 0 radical (unpaired) electrons. The second kappa shape index (κ2) is 4.58. The Kier molecular flexibility index (Phi) is 3.46. The minimum atomic E-state index is -0.993. The molecular formula is C13H23NO3. The van der Waals surface area contributed by atoms with Crippen LogP contribution in [0.5, 0.6) is 0 Å². The lowest BCUT2D eigenvalue weighted by molar-refractivity contribution is -0.181. The van der Waals surface area contributed by atoms with Crippen LogP contribution in [0, 0.1) is 11.3 Å². The Bertz CT molecular complexity index is 289. The minimum absolute atomic E-state index is 0.549. The molecule has 0 atom stereocenters. The van der Waals surface area contributed by atoms with Crippen LogP contribution in [0.15, 0.2) is 0 Å². The van der Waals surface area contributed by atoms with E-state index in [1.807, 2.05) is 0 Å². The van der Waals surface area contributed by atoms with Crippen LogP contribution in [0.2, 0.25) is 0 Å². The highest BCUT2D eigenvalue weighted by atomic mass is 16.4. The summed E-state index contributed by atoms with van der Waals surface area (Å²) < 4.78 is 0. The number of carboxylic acids is 1. The molecule has 98 valence electrons. The van der Waals surface area contributed by atoms with Gasteiger partial charge in [0.2, 0.25) is 0 Å². The van der Waals surface area contributed by atoms with E-state index < -0.39 is 17.0 Å². The van der Waals surface area contributed by atoms with E-state index in [4.69, 9.17) is 0 Å². The van der Waals surface area contributed by atoms with Crippen molar-refractivity contribution in [2.45, 2.75) is 51.0 Å². The van der Waals surface area contributed by atoms with Gasteiger partial charge in [0, 0.05) is 0 Å². The van der Waals surface area contributed by atoms with Crippen molar-refractivity contribution in [3.63, 3.8) is 0 Å². The summed E-state index contributed by atoms with van der Waals surface area (Å²) in [4.78, 5) is 11.7. The Morgan fingerprint density at radius 3 is 2.18 bits per heavy atom. The molecule has 2 rings (SSSR count). The zero-order chi connectivity index (χ0) is 12.5. The Morgan fingerprint density at radius 1 is 1.18 bits per heavy atom. The van der Waals surface area contributed by atoms with E-state index in [0.29, 0.717) is 44.7 Å². The Hall–Kier alpha value is -0.610. The standard InChI is InChI=1S/C13H23NO3/c1-10-2-4-13(17,5-3-10)12(11(15)16)6-8-14-9-7-12/h10,14,17H,2-9H2,1H3,(H,15,16). The first kappa shape index (κ1) is 12.8. The zero-order valence-corrected chi connectivity index (χ0v) is 10.5. The maximum absolute atomic E-state index is 11.7. The number of hydrogen-bond acceptors (Lipinski definition) is 3. The summed E-state index contributed by atoms with van der Waals surface area (Å²) in [6.07, 6.45) is 4.26. The largest absolute Gasteiger partial charge is 0.481 e. The van der Waals surface area contributed by atoms with Gasteiger partial charge in [-0.2, -0.15) is 0 Å². The molecule has 2 aliphatic rings. The molecule has 1 saturated heterocycles. The summed E-state index contributed by atoms with van der Waals surface area (Å²) >= 11 is 0. The van der Waals surface area contributed by atoms with Crippen LogP contribution in [0.3, 0.4) is 0 Å². The monoisotopic (exact) mass is 241 g/mol. The van der Waals surface area contributed by atoms with E-state index in [2.05, 4.69) is 12.2 Å². The van der Waals surface area contributed by atoms with Gasteiger partial charge in [0.25, 0.3) is 0 Å². The number of hydrogen-bond donors (Lipinski definition) is 3. The first-order valence-corrected chi connectivity index (χ1v) is 6.67. The predicted octanol–water partition coefficient (Wildman–Crippen LogP) is 1.38. The fraction of sp³-hybridized carbons (Fsp3) is 0.923. The van der Waals surface area contributed by atoms with E-state index >= 15 is 0 Å². The minimum Gasteiger partial charge on any atom is -0.481 e. The molecule has 0 aromatic heterocycles. The van der Waals surface area contributed by atoms with Gasteiger partial charge in [0.15, 0.2) is 0 Å². The molecule has 0 aromatic rings. The van der Waals surface area contributed by atoms with Crippen molar-refractivity contribution in [2.24, 2.45) is 11.3 Å². The molecule has 0 aromatic carbocycles. The molecule has 1 saturated carbocycles. The molecule has 0 unspecified atom stereocenters. The van der Waals surface area contributed by atoms with Gasteiger partial charge < -0.3 is 15.5 Å². The second-order valence-electron chi connectivity index (χ2n) is 5.85.